The molecule has 34 heavy (non-hydrogen) atoms. The highest BCUT2D eigenvalue weighted by molar-refractivity contribution is 5.14. The first-order valence-electron chi connectivity index (χ1n) is 15.6. The first-order chi connectivity index (χ1) is 16.8. The van der Waals surface area contributed by atoms with Gasteiger partial charge >= 0.3 is 0 Å². The quantitative estimate of drug-likeness (QED) is 0.303. The van der Waals surface area contributed by atoms with Gasteiger partial charge in [0.25, 0.3) is 0 Å². The molecule has 0 amide bonds. The van der Waals surface area contributed by atoms with Crippen molar-refractivity contribution in [1.82, 2.24) is 9.97 Å². The number of unbranched alkanes of at least 4 members (excludes halogenated alkanes) is 4. The van der Waals surface area contributed by atoms with Crippen LogP contribution in [-0.2, 0) is 0 Å². The van der Waals surface area contributed by atoms with Gasteiger partial charge in [-0.3, -0.25) is 0 Å². The van der Waals surface area contributed by atoms with Crippen molar-refractivity contribution in [2.24, 2.45) is 23.7 Å². The van der Waals surface area contributed by atoms with Gasteiger partial charge in [-0.05, 0) is 99.4 Å². The van der Waals surface area contributed by atoms with Crippen LogP contribution in [0, 0.1) is 23.7 Å². The van der Waals surface area contributed by atoms with E-state index < -0.39 is 0 Å². The van der Waals surface area contributed by atoms with E-state index in [0.29, 0.717) is 11.8 Å². The van der Waals surface area contributed by atoms with E-state index in [0.717, 1.165) is 29.5 Å². The predicted octanol–water partition coefficient (Wildman–Crippen LogP) is 9.99. The van der Waals surface area contributed by atoms with Crippen LogP contribution in [0.3, 0.4) is 0 Å². The summed E-state index contributed by atoms with van der Waals surface area (Å²) in [6.45, 7) is 4.64. The van der Waals surface area contributed by atoms with Crippen molar-refractivity contribution in [3.63, 3.8) is 0 Å². The van der Waals surface area contributed by atoms with Crippen LogP contribution < -0.4 is 0 Å². The molecule has 3 saturated carbocycles. The Kier molecular flexibility index (Phi) is 10.8. The van der Waals surface area contributed by atoms with Crippen LogP contribution in [0.25, 0.3) is 0 Å². The van der Waals surface area contributed by atoms with E-state index in [1.165, 1.54) is 134 Å². The highest BCUT2D eigenvalue weighted by atomic mass is 14.9. The van der Waals surface area contributed by atoms with E-state index >= 15 is 0 Å². The molecule has 0 N–H and O–H groups in total. The second-order valence-corrected chi connectivity index (χ2v) is 12.5. The first-order valence-corrected chi connectivity index (χ1v) is 15.6. The van der Waals surface area contributed by atoms with Crippen molar-refractivity contribution in [2.45, 2.75) is 154 Å². The summed E-state index contributed by atoms with van der Waals surface area (Å²) in [7, 11) is 0. The normalized spacial score (nSPS) is 32.5. The van der Waals surface area contributed by atoms with Gasteiger partial charge in [0.05, 0.1) is 0 Å². The highest BCUT2D eigenvalue weighted by Gasteiger charge is 2.31. The third-order valence-electron chi connectivity index (χ3n) is 10.1. The lowest BCUT2D eigenvalue weighted by molar-refractivity contribution is 0.155. The molecule has 0 spiro atoms. The van der Waals surface area contributed by atoms with Crippen LogP contribution in [0.2, 0.25) is 0 Å². The molecule has 192 valence electrons. The fourth-order valence-corrected chi connectivity index (χ4v) is 7.72. The maximum atomic E-state index is 4.91. The maximum Gasteiger partial charge on any atom is 0.131 e. The Morgan fingerprint density at radius 1 is 0.559 bits per heavy atom. The van der Waals surface area contributed by atoms with E-state index in [2.05, 4.69) is 26.2 Å². The fraction of sp³-hybridized carbons (Fsp3) is 0.875. The Bertz CT molecular complexity index is 659. The number of hydrogen-bond acceptors (Lipinski definition) is 2. The van der Waals surface area contributed by atoms with Gasteiger partial charge in [0.1, 0.15) is 5.82 Å². The molecule has 4 rings (SSSR count). The Balaban J connectivity index is 1.16. The molecule has 1 aromatic rings. The predicted molar refractivity (Wildman–Crippen MR) is 145 cm³/mol. The lowest BCUT2D eigenvalue weighted by atomic mass is 9.68. The molecule has 1 aromatic heterocycles. The average Bonchev–Trinajstić information content (AvgIpc) is 2.90. The second kappa shape index (κ2) is 14.0. The zero-order chi connectivity index (χ0) is 23.6. The van der Waals surface area contributed by atoms with Gasteiger partial charge in [-0.15, -0.1) is 0 Å². The van der Waals surface area contributed by atoms with Crippen molar-refractivity contribution in [3.05, 3.63) is 23.8 Å². The molecular formula is C32H54N2. The number of aromatic nitrogens is 2. The lowest BCUT2D eigenvalue weighted by Crippen LogP contribution is -2.25. The van der Waals surface area contributed by atoms with Gasteiger partial charge in [-0.2, -0.15) is 0 Å². The van der Waals surface area contributed by atoms with Gasteiger partial charge in [-0.1, -0.05) is 78.1 Å². The minimum Gasteiger partial charge on any atom is -0.241 e. The van der Waals surface area contributed by atoms with Gasteiger partial charge in [0.15, 0.2) is 0 Å². The maximum absolute atomic E-state index is 4.91. The summed E-state index contributed by atoms with van der Waals surface area (Å²) in [4.78, 5) is 9.83. The van der Waals surface area contributed by atoms with Gasteiger partial charge in [0.2, 0.25) is 0 Å². The summed E-state index contributed by atoms with van der Waals surface area (Å²) in [5.41, 5.74) is 1.43. The number of nitrogens with zero attached hydrogens (tertiary/aromatic N) is 2. The topological polar surface area (TPSA) is 25.8 Å². The molecule has 3 aliphatic rings. The molecule has 2 heteroatoms. The average molecular weight is 467 g/mol. The molecule has 3 fully saturated rings. The molecular weight excluding hydrogens is 412 g/mol. The minimum atomic E-state index is 0.615. The van der Waals surface area contributed by atoms with E-state index in [-0.39, 0.29) is 0 Å². The molecule has 1 heterocycles. The summed E-state index contributed by atoms with van der Waals surface area (Å²) in [6.07, 6.45) is 32.9. The second-order valence-electron chi connectivity index (χ2n) is 12.5. The van der Waals surface area contributed by atoms with Crippen LogP contribution in [0.1, 0.15) is 165 Å². The molecule has 0 aromatic carbocycles. The highest BCUT2D eigenvalue weighted by Crippen LogP contribution is 2.44. The smallest absolute Gasteiger partial charge is 0.131 e. The lowest BCUT2D eigenvalue weighted by Gasteiger charge is -2.38. The van der Waals surface area contributed by atoms with Crippen molar-refractivity contribution < 1.29 is 0 Å². The summed E-state index contributed by atoms with van der Waals surface area (Å²) in [5, 5.41) is 0. The van der Waals surface area contributed by atoms with Crippen LogP contribution >= 0.6 is 0 Å². The Morgan fingerprint density at radius 2 is 1.00 bits per heavy atom. The third kappa shape index (κ3) is 7.54. The summed E-state index contributed by atoms with van der Waals surface area (Å²) < 4.78 is 0. The molecule has 0 unspecified atom stereocenters. The van der Waals surface area contributed by atoms with Crippen LogP contribution in [0.4, 0.5) is 0 Å². The monoisotopic (exact) mass is 466 g/mol. The Labute approximate surface area is 211 Å². The number of hydrogen-bond donors (Lipinski definition) is 0. The standard InChI is InChI=1S/C32H54N2/c1-3-5-7-9-25-11-15-27(16-12-25)28-19-21-29(22-20-28)31-23-33-32(34-24-31)30-17-13-26(14-18-30)10-8-6-4-2/h23-30H,3-22H2,1-2H3. The molecule has 0 aliphatic heterocycles. The zero-order valence-electron chi connectivity index (χ0n) is 22.7. The van der Waals surface area contributed by atoms with Gasteiger partial charge in [0, 0.05) is 18.3 Å². The SMILES string of the molecule is CCCCCC1CCC(c2ncc(C3CCC(C4CCC(CCCCC)CC4)CC3)cn2)CC1. The summed E-state index contributed by atoms with van der Waals surface area (Å²) in [5.74, 6) is 6.51. The third-order valence-corrected chi connectivity index (χ3v) is 10.1. The van der Waals surface area contributed by atoms with E-state index in [9.17, 15) is 0 Å². The van der Waals surface area contributed by atoms with Gasteiger partial charge in [-0.25, -0.2) is 9.97 Å². The van der Waals surface area contributed by atoms with Crippen LogP contribution in [0.5, 0.6) is 0 Å². The van der Waals surface area contributed by atoms with Crippen LogP contribution in [0.15, 0.2) is 12.4 Å². The Morgan fingerprint density at radius 3 is 1.50 bits per heavy atom. The molecule has 0 bridgehead atoms. The van der Waals surface area contributed by atoms with Gasteiger partial charge < -0.3 is 0 Å². The largest absolute Gasteiger partial charge is 0.241 e. The molecule has 0 radical (unpaired) electrons. The molecule has 0 atom stereocenters. The fourth-order valence-electron chi connectivity index (χ4n) is 7.72. The molecule has 2 nitrogen and oxygen atoms in total. The minimum absolute atomic E-state index is 0.615. The van der Waals surface area contributed by atoms with E-state index in [1.807, 2.05) is 0 Å². The zero-order valence-corrected chi connectivity index (χ0v) is 22.7. The van der Waals surface area contributed by atoms with Crippen LogP contribution in [-0.4, -0.2) is 9.97 Å². The Hall–Kier alpha value is -0.920. The van der Waals surface area contributed by atoms with E-state index in [1.54, 1.807) is 0 Å². The number of rotatable bonds is 11. The van der Waals surface area contributed by atoms with Crippen molar-refractivity contribution in [1.29, 1.82) is 0 Å². The van der Waals surface area contributed by atoms with Crippen molar-refractivity contribution >= 4 is 0 Å². The van der Waals surface area contributed by atoms with E-state index in [4.69, 9.17) is 9.97 Å². The summed E-state index contributed by atoms with van der Waals surface area (Å²) in [6, 6.07) is 0. The molecule has 3 aliphatic carbocycles. The van der Waals surface area contributed by atoms with Crippen molar-refractivity contribution in [2.75, 3.05) is 0 Å². The molecule has 0 saturated heterocycles. The first kappa shape index (κ1) is 26.2. The van der Waals surface area contributed by atoms with Crippen molar-refractivity contribution in [3.8, 4) is 0 Å². The summed E-state index contributed by atoms with van der Waals surface area (Å²) >= 11 is 0.